The molecule has 1 unspecified atom stereocenters. The average molecular weight is 326 g/mol. The molecular weight excluding hydrogens is 298 g/mol. The summed E-state index contributed by atoms with van der Waals surface area (Å²) < 4.78 is 6.05. The quantitative estimate of drug-likeness (QED) is 0.641. The van der Waals surface area contributed by atoms with E-state index in [9.17, 15) is 0 Å². The zero-order chi connectivity index (χ0) is 16.8. The maximum atomic E-state index is 6.36. The van der Waals surface area contributed by atoms with Crippen molar-refractivity contribution in [3.05, 3.63) is 53.1 Å². The van der Waals surface area contributed by atoms with Crippen LogP contribution in [0.25, 0.3) is 11.1 Å². The van der Waals surface area contributed by atoms with Crippen LogP contribution in [-0.2, 0) is 11.0 Å². The van der Waals surface area contributed by atoms with Crippen molar-refractivity contribution in [2.75, 3.05) is 5.73 Å². The van der Waals surface area contributed by atoms with E-state index in [4.69, 9.17) is 10.2 Å². The Morgan fingerprint density at radius 3 is 2.39 bits per heavy atom. The molecule has 0 bridgehead atoms. The van der Waals surface area contributed by atoms with E-state index in [1.165, 1.54) is 27.8 Å². The van der Waals surface area contributed by atoms with Crippen molar-refractivity contribution in [2.45, 2.75) is 46.4 Å². The Labute approximate surface area is 141 Å². The van der Waals surface area contributed by atoms with Gasteiger partial charge in [-0.25, -0.2) is 0 Å². The van der Waals surface area contributed by atoms with Crippen LogP contribution in [0.15, 0.2) is 36.4 Å². The third-order valence-electron chi connectivity index (χ3n) is 4.67. The molecule has 1 aliphatic carbocycles. The van der Waals surface area contributed by atoms with Gasteiger partial charge < -0.3 is 10.2 Å². The minimum Gasteiger partial charge on any atom is -0.416 e. The minimum absolute atomic E-state index is 0.138. The number of rotatable bonds is 3. The predicted molar refractivity (Wildman–Crippen MR) is 101 cm³/mol. The van der Waals surface area contributed by atoms with Crippen LogP contribution >= 0.6 is 0 Å². The van der Waals surface area contributed by atoms with Crippen LogP contribution in [0.5, 0.6) is 0 Å². The highest BCUT2D eigenvalue weighted by molar-refractivity contribution is 6.48. The lowest BCUT2D eigenvalue weighted by Gasteiger charge is -2.31. The van der Waals surface area contributed by atoms with Gasteiger partial charge in [0.05, 0.1) is 6.61 Å². The van der Waals surface area contributed by atoms with Gasteiger partial charge in [0.25, 0.3) is 0 Å². The number of nitrogens with two attached hydrogens (primary N) is 1. The summed E-state index contributed by atoms with van der Waals surface area (Å²) in [5, 5.41) is 0. The van der Waals surface area contributed by atoms with Gasteiger partial charge in [0.15, 0.2) is 9.04 Å². The molecule has 0 aromatic heterocycles. The van der Waals surface area contributed by atoms with Gasteiger partial charge in [0.2, 0.25) is 0 Å². The van der Waals surface area contributed by atoms with E-state index in [-0.39, 0.29) is 5.41 Å². The van der Waals surface area contributed by atoms with Crippen molar-refractivity contribution in [3.63, 3.8) is 0 Å². The van der Waals surface area contributed by atoms with E-state index in [0.717, 1.165) is 5.69 Å². The summed E-state index contributed by atoms with van der Waals surface area (Å²) >= 11 is 0. The van der Waals surface area contributed by atoms with Crippen molar-refractivity contribution in [3.8, 4) is 11.1 Å². The SMILES string of the molecule is C[SiH](C)OCc1c(N)ccc2c1C(C(C)(C)C)c1ccccc1-2. The number of anilines is 1. The summed E-state index contributed by atoms with van der Waals surface area (Å²) in [6.07, 6.45) is 0. The van der Waals surface area contributed by atoms with Gasteiger partial charge in [0, 0.05) is 17.2 Å². The molecule has 2 aromatic carbocycles. The van der Waals surface area contributed by atoms with Gasteiger partial charge >= 0.3 is 0 Å². The molecule has 0 saturated heterocycles. The first-order valence-electron chi connectivity index (χ1n) is 8.43. The molecule has 1 aliphatic rings. The van der Waals surface area contributed by atoms with Crippen molar-refractivity contribution in [1.82, 2.24) is 0 Å². The Morgan fingerprint density at radius 1 is 1.04 bits per heavy atom. The van der Waals surface area contributed by atoms with Crippen LogP contribution in [0.1, 0.15) is 43.4 Å². The monoisotopic (exact) mass is 325 g/mol. The summed E-state index contributed by atoms with van der Waals surface area (Å²) in [4.78, 5) is 0. The molecule has 0 amide bonds. The van der Waals surface area contributed by atoms with Gasteiger partial charge in [-0.2, -0.15) is 0 Å². The molecule has 2 aromatic rings. The minimum atomic E-state index is -1.08. The fourth-order valence-corrected chi connectivity index (χ4v) is 4.21. The molecule has 1 atom stereocenters. The highest BCUT2D eigenvalue weighted by Crippen LogP contribution is 2.54. The second kappa shape index (κ2) is 5.80. The van der Waals surface area contributed by atoms with Gasteiger partial charge in [-0.3, -0.25) is 0 Å². The van der Waals surface area contributed by atoms with E-state index in [1.54, 1.807) is 0 Å². The standard InChI is InChI=1S/C20H27NOSi/c1-20(2,3)19-15-9-7-6-8-13(15)14-10-11-17(21)16(18(14)19)12-22-23(4)5/h6-11,19,23H,12,21H2,1-5H3. The molecule has 2 nitrogen and oxygen atoms in total. The van der Waals surface area contributed by atoms with Crippen LogP contribution in [0.3, 0.4) is 0 Å². The second-order valence-corrected chi connectivity index (χ2v) is 10.3. The smallest absolute Gasteiger partial charge is 0.171 e. The first kappa shape index (κ1) is 16.3. The van der Waals surface area contributed by atoms with Crippen LogP contribution < -0.4 is 5.73 Å². The predicted octanol–water partition coefficient (Wildman–Crippen LogP) is 4.93. The molecule has 3 heteroatoms. The van der Waals surface area contributed by atoms with Crippen LogP contribution in [-0.4, -0.2) is 9.04 Å². The Balaban J connectivity index is 2.22. The molecule has 122 valence electrons. The summed E-state index contributed by atoms with van der Waals surface area (Å²) in [7, 11) is -1.08. The van der Waals surface area contributed by atoms with E-state index in [0.29, 0.717) is 12.5 Å². The lowest BCUT2D eigenvalue weighted by Crippen LogP contribution is -2.20. The molecule has 0 saturated carbocycles. The van der Waals surface area contributed by atoms with Gasteiger partial charge in [0.1, 0.15) is 0 Å². The van der Waals surface area contributed by atoms with Gasteiger partial charge in [-0.15, -0.1) is 0 Å². The molecule has 0 aliphatic heterocycles. The molecule has 0 heterocycles. The topological polar surface area (TPSA) is 35.2 Å². The summed E-state index contributed by atoms with van der Waals surface area (Å²) in [6.45, 7) is 12.0. The van der Waals surface area contributed by atoms with Gasteiger partial charge in [-0.1, -0.05) is 51.1 Å². The number of nitrogen functional groups attached to an aromatic ring is 1. The zero-order valence-corrected chi connectivity index (χ0v) is 16.0. The number of fused-ring (bicyclic) bond motifs is 3. The third-order valence-corrected chi connectivity index (χ3v) is 5.50. The molecule has 0 radical (unpaired) electrons. The largest absolute Gasteiger partial charge is 0.416 e. The number of benzene rings is 2. The van der Waals surface area contributed by atoms with Crippen LogP contribution in [0, 0.1) is 5.41 Å². The number of hydrogen-bond donors (Lipinski definition) is 1. The second-order valence-electron chi connectivity index (χ2n) is 7.84. The fraction of sp³-hybridized carbons (Fsp3) is 0.400. The third kappa shape index (κ3) is 2.84. The van der Waals surface area contributed by atoms with Crippen molar-refractivity contribution >= 4 is 14.7 Å². The first-order chi connectivity index (χ1) is 10.8. The van der Waals surface area contributed by atoms with E-state index in [1.807, 2.05) is 6.07 Å². The normalized spacial score (nSPS) is 16.5. The Morgan fingerprint density at radius 2 is 1.74 bits per heavy atom. The highest BCUT2D eigenvalue weighted by Gasteiger charge is 2.38. The fourth-order valence-electron chi connectivity index (χ4n) is 3.71. The van der Waals surface area contributed by atoms with Crippen molar-refractivity contribution in [2.24, 2.45) is 5.41 Å². The molecule has 3 rings (SSSR count). The van der Waals surface area contributed by atoms with E-state index < -0.39 is 9.04 Å². The van der Waals surface area contributed by atoms with Gasteiger partial charge in [-0.05, 0) is 46.8 Å². The molecule has 0 fully saturated rings. The van der Waals surface area contributed by atoms with E-state index in [2.05, 4.69) is 64.2 Å². The molecule has 2 N–H and O–H groups in total. The highest BCUT2D eigenvalue weighted by atomic mass is 28.3. The lowest BCUT2D eigenvalue weighted by atomic mass is 9.74. The summed E-state index contributed by atoms with van der Waals surface area (Å²) in [6, 6.07) is 13.0. The van der Waals surface area contributed by atoms with Crippen molar-refractivity contribution in [1.29, 1.82) is 0 Å². The Hall–Kier alpha value is -1.58. The summed E-state index contributed by atoms with van der Waals surface area (Å²) in [5.41, 5.74) is 14.0. The molecular formula is C20H27NOSi. The Kier molecular flexibility index (Phi) is 4.11. The first-order valence-corrected chi connectivity index (χ1v) is 11.2. The van der Waals surface area contributed by atoms with Crippen LogP contribution in [0.4, 0.5) is 5.69 Å². The maximum Gasteiger partial charge on any atom is 0.171 e. The summed E-state index contributed by atoms with van der Waals surface area (Å²) in [5.74, 6) is 0.365. The Bertz CT molecular complexity index is 731. The zero-order valence-electron chi connectivity index (χ0n) is 14.8. The lowest BCUT2D eigenvalue weighted by molar-refractivity contribution is 0.308. The molecule has 0 spiro atoms. The van der Waals surface area contributed by atoms with Crippen LogP contribution in [0.2, 0.25) is 13.1 Å². The molecule has 23 heavy (non-hydrogen) atoms. The average Bonchev–Trinajstić information content (AvgIpc) is 2.80. The van der Waals surface area contributed by atoms with E-state index >= 15 is 0 Å². The van der Waals surface area contributed by atoms with Crippen molar-refractivity contribution < 1.29 is 4.43 Å². The number of hydrogen-bond acceptors (Lipinski definition) is 2. The maximum absolute atomic E-state index is 6.36.